The molecule has 1 aromatic carbocycles. The molecule has 1 fully saturated rings. The Balaban J connectivity index is 1.84. The van der Waals surface area contributed by atoms with Crippen LogP contribution in [0.4, 0.5) is 0 Å². The summed E-state index contributed by atoms with van der Waals surface area (Å²) in [5.74, 6) is 2.53. The van der Waals surface area contributed by atoms with E-state index in [1.54, 1.807) is 0 Å². The van der Waals surface area contributed by atoms with Crippen molar-refractivity contribution < 1.29 is 0 Å². The van der Waals surface area contributed by atoms with Crippen molar-refractivity contribution in [1.82, 2.24) is 5.32 Å². The van der Waals surface area contributed by atoms with Crippen molar-refractivity contribution in [1.29, 1.82) is 0 Å². The Morgan fingerprint density at radius 3 is 2.68 bits per heavy atom. The molecule has 3 heteroatoms. The molecule has 1 nitrogen and oxygen atoms in total. The standard InChI is InChI=1S/C16H24ClNS/c1-12(8-13-4-6-14(17)7-5-13)18-15-9-16(2,3)11-19-10-15/h4-7,12,15,18H,8-11H2,1-3H3. The van der Waals surface area contributed by atoms with Gasteiger partial charge in [-0.25, -0.2) is 0 Å². The Morgan fingerprint density at radius 1 is 1.37 bits per heavy atom. The van der Waals surface area contributed by atoms with Gasteiger partial charge in [0.15, 0.2) is 0 Å². The second-order valence-corrected chi connectivity index (χ2v) is 7.95. The minimum absolute atomic E-state index is 0.473. The van der Waals surface area contributed by atoms with Gasteiger partial charge in [0.2, 0.25) is 0 Å². The summed E-state index contributed by atoms with van der Waals surface area (Å²) in [5, 5.41) is 4.60. The van der Waals surface area contributed by atoms with E-state index in [-0.39, 0.29) is 0 Å². The fourth-order valence-electron chi connectivity index (χ4n) is 2.80. The third-order valence-electron chi connectivity index (χ3n) is 3.59. The summed E-state index contributed by atoms with van der Waals surface area (Å²) in [4.78, 5) is 0. The highest BCUT2D eigenvalue weighted by molar-refractivity contribution is 7.99. The van der Waals surface area contributed by atoms with Crippen LogP contribution in [-0.2, 0) is 6.42 Å². The zero-order valence-corrected chi connectivity index (χ0v) is 13.7. The Morgan fingerprint density at radius 2 is 2.05 bits per heavy atom. The lowest BCUT2D eigenvalue weighted by atomic mass is 9.87. The lowest BCUT2D eigenvalue weighted by Crippen LogP contribution is -2.44. The van der Waals surface area contributed by atoms with Gasteiger partial charge in [0.1, 0.15) is 0 Å². The van der Waals surface area contributed by atoms with E-state index in [4.69, 9.17) is 11.6 Å². The van der Waals surface area contributed by atoms with E-state index in [1.165, 1.54) is 23.5 Å². The first kappa shape index (κ1) is 15.2. The molecule has 0 aliphatic carbocycles. The fraction of sp³-hybridized carbons (Fsp3) is 0.625. The molecule has 19 heavy (non-hydrogen) atoms. The van der Waals surface area contributed by atoms with Crippen LogP contribution in [0.25, 0.3) is 0 Å². The molecule has 0 radical (unpaired) electrons. The highest BCUT2D eigenvalue weighted by Gasteiger charge is 2.28. The van der Waals surface area contributed by atoms with Crippen LogP contribution in [-0.4, -0.2) is 23.6 Å². The Bertz CT molecular complexity index is 402. The molecule has 1 aliphatic heterocycles. The summed E-state index contributed by atoms with van der Waals surface area (Å²) < 4.78 is 0. The summed E-state index contributed by atoms with van der Waals surface area (Å²) in [6.45, 7) is 7.02. The van der Waals surface area contributed by atoms with Gasteiger partial charge in [-0.15, -0.1) is 0 Å². The molecule has 0 aromatic heterocycles. The topological polar surface area (TPSA) is 12.0 Å². The number of benzene rings is 1. The number of hydrogen-bond donors (Lipinski definition) is 1. The number of rotatable bonds is 4. The van der Waals surface area contributed by atoms with Gasteiger partial charge < -0.3 is 5.32 Å². The van der Waals surface area contributed by atoms with Gasteiger partial charge >= 0.3 is 0 Å². The highest BCUT2D eigenvalue weighted by atomic mass is 35.5. The molecule has 2 rings (SSSR count). The number of thioether (sulfide) groups is 1. The third-order valence-corrected chi connectivity index (χ3v) is 5.46. The summed E-state index contributed by atoms with van der Waals surface area (Å²) in [5.41, 5.74) is 1.83. The Kier molecular flexibility index (Phi) is 5.22. The number of nitrogens with one attached hydrogen (secondary N) is 1. The Labute approximate surface area is 126 Å². The molecule has 106 valence electrons. The van der Waals surface area contributed by atoms with Crippen molar-refractivity contribution in [2.75, 3.05) is 11.5 Å². The maximum Gasteiger partial charge on any atom is 0.0406 e. The van der Waals surface area contributed by atoms with Gasteiger partial charge in [-0.2, -0.15) is 11.8 Å². The van der Waals surface area contributed by atoms with E-state index >= 15 is 0 Å². The van der Waals surface area contributed by atoms with E-state index in [0.717, 1.165) is 11.4 Å². The molecule has 1 N–H and O–H groups in total. The van der Waals surface area contributed by atoms with Gasteiger partial charge in [-0.05, 0) is 48.6 Å². The van der Waals surface area contributed by atoms with Gasteiger partial charge in [-0.1, -0.05) is 37.6 Å². The molecule has 1 aromatic rings. The molecule has 2 unspecified atom stereocenters. The van der Waals surface area contributed by atoms with E-state index in [2.05, 4.69) is 50.0 Å². The fourth-order valence-corrected chi connectivity index (χ4v) is 4.22. The molecule has 0 amide bonds. The average molecular weight is 298 g/mol. The quantitative estimate of drug-likeness (QED) is 0.884. The van der Waals surface area contributed by atoms with Crippen molar-refractivity contribution >= 4 is 23.4 Å². The highest BCUT2D eigenvalue weighted by Crippen LogP contribution is 2.33. The minimum Gasteiger partial charge on any atom is -0.310 e. The predicted molar refractivity (Wildman–Crippen MR) is 87.3 cm³/mol. The largest absolute Gasteiger partial charge is 0.310 e. The van der Waals surface area contributed by atoms with Crippen LogP contribution in [0.3, 0.4) is 0 Å². The lowest BCUT2D eigenvalue weighted by molar-refractivity contribution is 0.303. The molecule has 0 bridgehead atoms. The number of hydrogen-bond acceptors (Lipinski definition) is 2. The van der Waals surface area contributed by atoms with Crippen molar-refractivity contribution in [3.63, 3.8) is 0 Å². The van der Waals surface area contributed by atoms with Crippen LogP contribution in [0.1, 0.15) is 32.8 Å². The first-order valence-electron chi connectivity index (χ1n) is 7.03. The molecular formula is C16H24ClNS. The summed E-state index contributed by atoms with van der Waals surface area (Å²) in [6.07, 6.45) is 2.35. The first-order valence-corrected chi connectivity index (χ1v) is 8.56. The lowest BCUT2D eigenvalue weighted by Gasteiger charge is -2.36. The van der Waals surface area contributed by atoms with Crippen molar-refractivity contribution in [3.8, 4) is 0 Å². The summed E-state index contributed by atoms with van der Waals surface area (Å²) in [7, 11) is 0. The second kappa shape index (κ2) is 6.51. The van der Waals surface area contributed by atoms with Crippen LogP contribution in [0, 0.1) is 5.41 Å². The SMILES string of the molecule is CC(Cc1ccc(Cl)cc1)NC1CSCC(C)(C)C1. The van der Waals surface area contributed by atoms with Crippen LogP contribution < -0.4 is 5.32 Å². The first-order chi connectivity index (χ1) is 8.94. The smallest absolute Gasteiger partial charge is 0.0406 e. The van der Waals surface area contributed by atoms with E-state index in [1.807, 2.05) is 12.1 Å². The van der Waals surface area contributed by atoms with Gasteiger partial charge in [0.05, 0.1) is 0 Å². The van der Waals surface area contributed by atoms with E-state index < -0.39 is 0 Å². The van der Waals surface area contributed by atoms with Crippen molar-refractivity contribution in [2.45, 2.75) is 45.7 Å². The van der Waals surface area contributed by atoms with Gasteiger partial charge in [-0.3, -0.25) is 0 Å². The third kappa shape index (κ3) is 5.02. The minimum atomic E-state index is 0.473. The van der Waals surface area contributed by atoms with Crippen molar-refractivity contribution in [2.24, 2.45) is 5.41 Å². The van der Waals surface area contributed by atoms with Crippen LogP contribution in [0.2, 0.25) is 5.02 Å². The summed E-state index contributed by atoms with van der Waals surface area (Å²) >= 11 is 8.00. The molecule has 0 spiro atoms. The monoisotopic (exact) mass is 297 g/mol. The van der Waals surface area contributed by atoms with Crippen molar-refractivity contribution in [3.05, 3.63) is 34.9 Å². The van der Waals surface area contributed by atoms with E-state index in [0.29, 0.717) is 17.5 Å². The molecule has 1 saturated heterocycles. The van der Waals surface area contributed by atoms with E-state index in [9.17, 15) is 0 Å². The van der Waals surface area contributed by atoms with Crippen LogP contribution in [0.15, 0.2) is 24.3 Å². The molecule has 0 saturated carbocycles. The second-order valence-electron chi connectivity index (χ2n) is 6.48. The van der Waals surface area contributed by atoms with Gasteiger partial charge in [0.25, 0.3) is 0 Å². The van der Waals surface area contributed by atoms with Crippen LogP contribution >= 0.6 is 23.4 Å². The molecule has 1 aliphatic rings. The zero-order chi connectivity index (χ0) is 13.9. The maximum atomic E-state index is 5.92. The maximum absolute atomic E-state index is 5.92. The summed E-state index contributed by atoms with van der Waals surface area (Å²) in [6, 6.07) is 9.36. The predicted octanol–water partition coefficient (Wildman–Crippen LogP) is 4.39. The number of halogens is 1. The zero-order valence-electron chi connectivity index (χ0n) is 12.1. The molecule has 1 heterocycles. The normalized spacial score (nSPS) is 24.1. The van der Waals surface area contributed by atoms with Crippen LogP contribution in [0.5, 0.6) is 0 Å². The van der Waals surface area contributed by atoms with Gasteiger partial charge in [0, 0.05) is 22.9 Å². The average Bonchev–Trinajstić information content (AvgIpc) is 2.30. The molecular weight excluding hydrogens is 274 g/mol. The Hall–Kier alpha value is -0.180. The molecule has 2 atom stereocenters.